The van der Waals surface area contributed by atoms with E-state index in [1.54, 1.807) is 0 Å². The fourth-order valence-electron chi connectivity index (χ4n) is 3.48. The van der Waals surface area contributed by atoms with Crippen molar-refractivity contribution in [1.82, 2.24) is 10.2 Å². The van der Waals surface area contributed by atoms with Crippen LogP contribution >= 0.6 is 0 Å². The van der Waals surface area contributed by atoms with Gasteiger partial charge in [-0.05, 0) is 44.2 Å². The number of ether oxygens (including phenoxy) is 1. The number of hydrogen-bond acceptors (Lipinski definition) is 3. The Morgan fingerprint density at radius 2 is 1.92 bits per heavy atom. The molecule has 0 aromatic heterocycles. The lowest BCUT2D eigenvalue weighted by molar-refractivity contribution is 0.0102. The van der Waals surface area contributed by atoms with Crippen LogP contribution in [-0.4, -0.2) is 56.4 Å². The van der Waals surface area contributed by atoms with Gasteiger partial charge in [-0.3, -0.25) is 0 Å². The number of hydrogen-bond donors (Lipinski definition) is 1. The van der Waals surface area contributed by atoms with Crippen LogP contribution in [0.2, 0.25) is 0 Å². The van der Waals surface area contributed by atoms with Gasteiger partial charge in [-0.2, -0.15) is 0 Å². The molecule has 0 radical (unpaired) electrons. The Morgan fingerprint density at radius 3 is 2.62 bits per heavy atom. The van der Waals surface area contributed by atoms with E-state index >= 15 is 0 Å². The Kier molecular flexibility index (Phi) is 6.35. The highest BCUT2D eigenvalue weighted by atomic mass is 16.5. The second-order valence-corrected chi connectivity index (χ2v) is 6.67. The van der Waals surface area contributed by atoms with Crippen LogP contribution in [0.15, 0.2) is 30.3 Å². The molecule has 2 amide bonds. The fourth-order valence-corrected chi connectivity index (χ4v) is 3.48. The van der Waals surface area contributed by atoms with Crippen LogP contribution in [0.5, 0.6) is 0 Å². The number of carbonyl (C=O) groups excluding carboxylic acids is 1. The first-order valence-corrected chi connectivity index (χ1v) is 9.27. The van der Waals surface area contributed by atoms with Crippen molar-refractivity contribution in [3.63, 3.8) is 0 Å². The number of nitrogens with zero attached hydrogens (tertiary/aromatic N) is 2. The first-order valence-electron chi connectivity index (χ1n) is 9.27. The van der Waals surface area contributed by atoms with E-state index in [1.165, 1.54) is 24.9 Å². The van der Waals surface area contributed by atoms with Crippen LogP contribution in [0.25, 0.3) is 0 Å². The molecular weight excluding hydrogens is 302 g/mol. The standard InChI is InChI=1S/C19H29N3O2/c23-19(20-11-6-10-18-9-4-5-16-24-18)22-14-12-21(13-15-22)17-7-2-1-3-8-17/h1-3,7-8,18H,4-6,9-16H2,(H,20,23). The Morgan fingerprint density at radius 1 is 1.12 bits per heavy atom. The van der Waals surface area contributed by atoms with E-state index in [0.29, 0.717) is 6.10 Å². The molecule has 5 nitrogen and oxygen atoms in total. The maximum Gasteiger partial charge on any atom is 0.317 e. The van der Waals surface area contributed by atoms with Crippen molar-refractivity contribution in [2.24, 2.45) is 0 Å². The summed E-state index contributed by atoms with van der Waals surface area (Å²) in [7, 11) is 0. The first-order chi connectivity index (χ1) is 11.8. The Bertz CT molecular complexity index is 495. The minimum atomic E-state index is 0.0762. The molecule has 1 aromatic carbocycles. The summed E-state index contributed by atoms with van der Waals surface area (Å²) in [6, 6.07) is 10.5. The Hall–Kier alpha value is -1.75. The Balaban J connectivity index is 1.32. The molecule has 3 rings (SSSR count). The monoisotopic (exact) mass is 331 g/mol. The van der Waals surface area contributed by atoms with Gasteiger partial charge in [0.05, 0.1) is 6.10 Å². The molecule has 1 unspecified atom stereocenters. The average Bonchev–Trinajstić information content (AvgIpc) is 2.67. The van der Waals surface area contributed by atoms with Crippen molar-refractivity contribution in [3.8, 4) is 0 Å². The lowest BCUT2D eigenvalue weighted by Gasteiger charge is -2.36. The zero-order chi connectivity index (χ0) is 16.6. The van der Waals surface area contributed by atoms with Gasteiger partial charge in [-0.1, -0.05) is 18.2 Å². The number of benzene rings is 1. The van der Waals surface area contributed by atoms with Crippen LogP contribution in [0.4, 0.5) is 10.5 Å². The predicted octanol–water partition coefficient (Wildman–Crippen LogP) is 2.87. The van der Waals surface area contributed by atoms with Crippen molar-refractivity contribution >= 4 is 11.7 Å². The molecule has 132 valence electrons. The molecule has 2 fully saturated rings. The van der Waals surface area contributed by atoms with Crippen LogP contribution in [0.3, 0.4) is 0 Å². The zero-order valence-electron chi connectivity index (χ0n) is 14.5. The molecular formula is C19H29N3O2. The van der Waals surface area contributed by atoms with Gasteiger partial charge in [0.15, 0.2) is 0 Å². The summed E-state index contributed by atoms with van der Waals surface area (Å²) in [5.74, 6) is 0. The van der Waals surface area contributed by atoms with Gasteiger partial charge in [-0.15, -0.1) is 0 Å². The molecule has 0 bridgehead atoms. The number of piperazine rings is 1. The molecule has 1 atom stereocenters. The third kappa shape index (κ3) is 4.87. The van der Waals surface area contributed by atoms with Crippen LogP contribution < -0.4 is 10.2 Å². The summed E-state index contributed by atoms with van der Waals surface area (Å²) in [5.41, 5.74) is 1.24. The van der Waals surface area contributed by atoms with Crippen molar-refractivity contribution < 1.29 is 9.53 Å². The van der Waals surface area contributed by atoms with E-state index in [4.69, 9.17) is 4.74 Å². The predicted molar refractivity (Wildman–Crippen MR) is 96.5 cm³/mol. The van der Waals surface area contributed by atoms with Crippen molar-refractivity contribution in [2.75, 3.05) is 44.2 Å². The van der Waals surface area contributed by atoms with E-state index in [2.05, 4.69) is 34.5 Å². The normalized spacial score (nSPS) is 21.6. The minimum absolute atomic E-state index is 0.0762. The van der Waals surface area contributed by atoms with Crippen molar-refractivity contribution in [2.45, 2.75) is 38.2 Å². The van der Waals surface area contributed by atoms with Crippen molar-refractivity contribution in [3.05, 3.63) is 30.3 Å². The lowest BCUT2D eigenvalue weighted by Crippen LogP contribution is -2.52. The number of rotatable bonds is 5. The molecule has 0 spiro atoms. The van der Waals surface area contributed by atoms with Crippen molar-refractivity contribution in [1.29, 1.82) is 0 Å². The number of nitrogens with one attached hydrogen (secondary N) is 1. The molecule has 5 heteroatoms. The number of amides is 2. The van der Waals surface area contributed by atoms with Gasteiger partial charge in [0.25, 0.3) is 0 Å². The highest BCUT2D eigenvalue weighted by Gasteiger charge is 2.21. The van der Waals surface area contributed by atoms with Gasteiger partial charge in [0.2, 0.25) is 0 Å². The van der Waals surface area contributed by atoms with Crippen LogP contribution in [-0.2, 0) is 4.74 Å². The Labute approximate surface area is 145 Å². The van der Waals surface area contributed by atoms with E-state index in [1.807, 2.05) is 11.0 Å². The molecule has 2 aliphatic rings. The van der Waals surface area contributed by atoms with E-state index in [9.17, 15) is 4.79 Å². The summed E-state index contributed by atoms with van der Waals surface area (Å²) in [6.45, 7) is 5.01. The molecule has 0 saturated carbocycles. The number of urea groups is 1. The molecule has 2 aliphatic heterocycles. The SMILES string of the molecule is O=C(NCCCC1CCCCO1)N1CCN(c2ccccc2)CC1. The fraction of sp³-hybridized carbons (Fsp3) is 0.632. The zero-order valence-corrected chi connectivity index (χ0v) is 14.5. The van der Waals surface area contributed by atoms with Crippen LogP contribution in [0.1, 0.15) is 32.1 Å². The molecule has 2 heterocycles. The number of para-hydroxylation sites is 1. The van der Waals surface area contributed by atoms with Gasteiger partial charge >= 0.3 is 6.03 Å². The summed E-state index contributed by atoms with van der Waals surface area (Å²) in [6.07, 6.45) is 6.12. The molecule has 24 heavy (non-hydrogen) atoms. The maximum absolute atomic E-state index is 12.3. The molecule has 0 aliphatic carbocycles. The summed E-state index contributed by atoms with van der Waals surface area (Å²) >= 11 is 0. The quantitative estimate of drug-likeness (QED) is 0.844. The number of carbonyl (C=O) groups is 1. The topological polar surface area (TPSA) is 44.8 Å². The second kappa shape index (κ2) is 8.92. The van der Waals surface area contributed by atoms with E-state index in [0.717, 1.165) is 52.2 Å². The van der Waals surface area contributed by atoms with Gasteiger partial charge in [0, 0.05) is 45.0 Å². The van der Waals surface area contributed by atoms with E-state index < -0.39 is 0 Å². The highest BCUT2D eigenvalue weighted by Crippen LogP contribution is 2.17. The third-order valence-electron chi connectivity index (χ3n) is 4.94. The summed E-state index contributed by atoms with van der Waals surface area (Å²) in [5, 5.41) is 3.06. The number of anilines is 1. The van der Waals surface area contributed by atoms with Gasteiger partial charge in [-0.25, -0.2) is 4.79 Å². The second-order valence-electron chi connectivity index (χ2n) is 6.67. The van der Waals surface area contributed by atoms with Gasteiger partial charge < -0.3 is 19.9 Å². The smallest absolute Gasteiger partial charge is 0.317 e. The van der Waals surface area contributed by atoms with Gasteiger partial charge in [0.1, 0.15) is 0 Å². The molecule has 1 N–H and O–H groups in total. The molecule has 1 aromatic rings. The third-order valence-corrected chi connectivity index (χ3v) is 4.94. The first kappa shape index (κ1) is 17.1. The maximum atomic E-state index is 12.3. The summed E-state index contributed by atoms with van der Waals surface area (Å²) < 4.78 is 5.73. The van der Waals surface area contributed by atoms with Crippen LogP contribution in [0, 0.1) is 0 Å². The highest BCUT2D eigenvalue weighted by molar-refractivity contribution is 5.74. The average molecular weight is 331 g/mol. The minimum Gasteiger partial charge on any atom is -0.378 e. The largest absolute Gasteiger partial charge is 0.378 e. The van der Waals surface area contributed by atoms with E-state index in [-0.39, 0.29) is 6.03 Å². The molecule has 2 saturated heterocycles. The lowest BCUT2D eigenvalue weighted by atomic mass is 10.0. The summed E-state index contributed by atoms with van der Waals surface area (Å²) in [4.78, 5) is 16.5.